The summed E-state index contributed by atoms with van der Waals surface area (Å²) in [6.07, 6.45) is -2.50. The topological polar surface area (TPSA) is 49.3 Å². The van der Waals surface area contributed by atoms with Gasteiger partial charge in [0.05, 0.1) is 6.54 Å². The number of hydrogen-bond donors (Lipinski definition) is 2. The molecule has 5 heteroatoms. The maximum Gasteiger partial charge on any atom is 0.320 e. The van der Waals surface area contributed by atoms with Crippen molar-refractivity contribution in [3.63, 3.8) is 0 Å². The van der Waals surface area contributed by atoms with Crippen LogP contribution in [0.1, 0.15) is 6.92 Å². The Balaban J connectivity index is 3.40. The molecule has 0 heterocycles. The Morgan fingerprint density at radius 3 is 2.50 bits per heavy atom. The first kappa shape index (κ1) is 9.29. The maximum absolute atomic E-state index is 11.4. The number of hydrogen-bond acceptors (Lipinski definition) is 2. The summed E-state index contributed by atoms with van der Waals surface area (Å²) >= 11 is 0. The lowest BCUT2D eigenvalue weighted by atomic mass is 10.3. The molecule has 0 saturated carbocycles. The molecular formula is C5H9F2NO2. The second-order valence-corrected chi connectivity index (χ2v) is 1.86. The van der Waals surface area contributed by atoms with Gasteiger partial charge in [-0.3, -0.25) is 10.1 Å². The van der Waals surface area contributed by atoms with Crippen LogP contribution in [0.5, 0.6) is 0 Å². The van der Waals surface area contributed by atoms with E-state index in [0.29, 0.717) is 0 Å². The van der Waals surface area contributed by atoms with Crippen LogP contribution >= 0.6 is 0 Å². The molecule has 2 N–H and O–H groups in total. The minimum absolute atomic E-state index is 0.576. The van der Waals surface area contributed by atoms with Gasteiger partial charge in [-0.2, -0.15) is 0 Å². The average molecular weight is 153 g/mol. The zero-order valence-electron chi connectivity index (χ0n) is 5.47. The third-order valence-corrected chi connectivity index (χ3v) is 0.949. The fourth-order valence-electron chi connectivity index (χ4n) is 0.353. The Labute approximate surface area is 57.0 Å². The van der Waals surface area contributed by atoms with Crippen molar-refractivity contribution >= 4 is 5.97 Å². The van der Waals surface area contributed by atoms with Gasteiger partial charge < -0.3 is 5.11 Å². The first-order valence-corrected chi connectivity index (χ1v) is 2.78. The molecule has 0 aliphatic carbocycles. The van der Waals surface area contributed by atoms with Gasteiger partial charge in [0.2, 0.25) is 0 Å². The Kier molecular flexibility index (Phi) is 3.87. The number of carboxylic acid groups (broad SMARTS) is 1. The first-order chi connectivity index (χ1) is 4.54. The number of nitrogens with one attached hydrogen (secondary N) is 1. The van der Waals surface area contributed by atoms with Gasteiger partial charge >= 0.3 is 5.97 Å². The van der Waals surface area contributed by atoms with Crippen molar-refractivity contribution in [2.45, 2.75) is 19.4 Å². The van der Waals surface area contributed by atoms with Crippen molar-refractivity contribution in [1.82, 2.24) is 5.32 Å². The lowest BCUT2D eigenvalue weighted by Crippen LogP contribution is -2.36. The number of halogens is 2. The Bertz CT molecular complexity index is 118. The second-order valence-electron chi connectivity index (χ2n) is 1.86. The van der Waals surface area contributed by atoms with Crippen molar-refractivity contribution in [3.05, 3.63) is 0 Å². The highest BCUT2D eigenvalue weighted by Crippen LogP contribution is 1.89. The van der Waals surface area contributed by atoms with E-state index in [4.69, 9.17) is 5.11 Å². The van der Waals surface area contributed by atoms with Gasteiger partial charge in [0, 0.05) is 0 Å². The molecule has 0 aromatic carbocycles. The molecule has 0 spiro atoms. The average Bonchev–Trinajstić information content (AvgIpc) is 1.82. The molecule has 0 bridgehead atoms. The highest BCUT2D eigenvalue weighted by atomic mass is 19.3. The van der Waals surface area contributed by atoms with E-state index >= 15 is 0 Å². The lowest BCUT2D eigenvalue weighted by Gasteiger charge is -2.06. The highest BCUT2D eigenvalue weighted by molar-refractivity contribution is 5.72. The Morgan fingerprint density at radius 1 is 1.70 bits per heavy atom. The summed E-state index contributed by atoms with van der Waals surface area (Å²) in [4.78, 5) is 10.0. The number of alkyl halides is 2. The highest BCUT2D eigenvalue weighted by Gasteiger charge is 2.11. The molecule has 0 amide bonds. The van der Waals surface area contributed by atoms with E-state index in [0.717, 1.165) is 0 Å². The van der Waals surface area contributed by atoms with E-state index in [1.807, 2.05) is 0 Å². The summed E-state index contributed by atoms with van der Waals surface area (Å²) in [6.45, 7) is 0.734. The largest absolute Gasteiger partial charge is 0.480 e. The zero-order valence-corrected chi connectivity index (χ0v) is 5.47. The van der Waals surface area contributed by atoms with E-state index in [1.54, 1.807) is 0 Å². The van der Waals surface area contributed by atoms with Gasteiger partial charge in [0.15, 0.2) is 0 Å². The van der Waals surface area contributed by atoms with Crippen molar-refractivity contribution in [2.75, 3.05) is 6.54 Å². The Hall–Kier alpha value is -0.710. The molecule has 10 heavy (non-hydrogen) atoms. The van der Waals surface area contributed by atoms with Crippen LogP contribution in [0.2, 0.25) is 0 Å². The SMILES string of the molecule is C[C@H](NCC(F)F)C(=O)O. The van der Waals surface area contributed by atoms with E-state index < -0.39 is 25.0 Å². The molecule has 0 aromatic heterocycles. The van der Waals surface area contributed by atoms with Gasteiger partial charge in [0.25, 0.3) is 6.43 Å². The van der Waals surface area contributed by atoms with Crippen LogP contribution < -0.4 is 5.32 Å². The summed E-state index contributed by atoms with van der Waals surface area (Å²) in [5, 5.41) is 10.3. The number of carbonyl (C=O) groups is 1. The fraction of sp³-hybridized carbons (Fsp3) is 0.800. The summed E-state index contributed by atoms with van der Waals surface area (Å²) in [5.41, 5.74) is 0. The monoisotopic (exact) mass is 153 g/mol. The van der Waals surface area contributed by atoms with Gasteiger partial charge in [-0.1, -0.05) is 0 Å². The van der Waals surface area contributed by atoms with Crippen LogP contribution in [-0.4, -0.2) is 30.1 Å². The van der Waals surface area contributed by atoms with Crippen LogP contribution in [0.3, 0.4) is 0 Å². The minimum atomic E-state index is -2.50. The quantitative estimate of drug-likeness (QED) is 0.611. The first-order valence-electron chi connectivity index (χ1n) is 2.78. The van der Waals surface area contributed by atoms with Gasteiger partial charge in [-0.15, -0.1) is 0 Å². The van der Waals surface area contributed by atoms with Crippen LogP contribution in [-0.2, 0) is 4.79 Å². The van der Waals surface area contributed by atoms with Crippen LogP contribution in [0.25, 0.3) is 0 Å². The summed E-state index contributed by atoms with van der Waals surface area (Å²) in [6, 6.07) is -0.908. The molecule has 0 aliphatic heterocycles. The molecule has 3 nitrogen and oxygen atoms in total. The summed E-state index contributed by atoms with van der Waals surface area (Å²) in [7, 11) is 0. The third kappa shape index (κ3) is 4.20. The van der Waals surface area contributed by atoms with E-state index in [2.05, 4.69) is 5.32 Å². The molecule has 60 valence electrons. The molecule has 0 aromatic rings. The molecule has 1 atom stereocenters. The van der Waals surface area contributed by atoms with Crippen molar-refractivity contribution in [2.24, 2.45) is 0 Å². The second kappa shape index (κ2) is 4.16. The van der Waals surface area contributed by atoms with Crippen LogP contribution in [0.4, 0.5) is 8.78 Å². The molecule has 0 fully saturated rings. The third-order valence-electron chi connectivity index (χ3n) is 0.949. The Morgan fingerprint density at radius 2 is 2.20 bits per heavy atom. The van der Waals surface area contributed by atoms with Crippen molar-refractivity contribution < 1.29 is 18.7 Å². The standard InChI is InChI=1S/C5H9F2NO2/c1-3(5(9)10)8-2-4(6)7/h3-4,8H,2H2,1H3,(H,9,10)/t3-/m0/s1. The van der Waals surface area contributed by atoms with Gasteiger partial charge in [-0.25, -0.2) is 8.78 Å². The van der Waals surface area contributed by atoms with Gasteiger partial charge in [0.1, 0.15) is 6.04 Å². The molecule has 0 saturated heterocycles. The summed E-state index contributed by atoms with van der Waals surface area (Å²) < 4.78 is 22.8. The molecule has 0 radical (unpaired) electrons. The van der Waals surface area contributed by atoms with E-state index in [-0.39, 0.29) is 0 Å². The molecular weight excluding hydrogens is 144 g/mol. The molecule has 0 unspecified atom stereocenters. The lowest BCUT2D eigenvalue weighted by molar-refractivity contribution is -0.139. The molecule has 0 rings (SSSR count). The van der Waals surface area contributed by atoms with Crippen molar-refractivity contribution in [1.29, 1.82) is 0 Å². The minimum Gasteiger partial charge on any atom is -0.480 e. The fourth-order valence-corrected chi connectivity index (χ4v) is 0.353. The number of carboxylic acids is 1. The zero-order chi connectivity index (χ0) is 8.15. The van der Waals surface area contributed by atoms with Crippen LogP contribution in [0, 0.1) is 0 Å². The smallest absolute Gasteiger partial charge is 0.320 e. The maximum atomic E-state index is 11.4. The normalized spacial score (nSPS) is 13.6. The van der Waals surface area contributed by atoms with Gasteiger partial charge in [-0.05, 0) is 6.92 Å². The summed E-state index contributed by atoms with van der Waals surface area (Å²) in [5.74, 6) is -1.12. The predicted octanol–water partition coefficient (Wildman–Crippen LogP) is 0.314. The van der Waals surface area contributed by atoms with E-state index in [1.165, 1.54) is 6.92 Å². The number of rotatable bonds is 4. The number of aliphatic carboxylic acids is 1. The van der Waals surface area contributed by atoms with Crippen molar-refractivity contribution in [3.8, 4) is 0 Å². The van der Waals surface area contributed by atoms with Crippen LogP contribution in [0.15, 0.2) is 0 Å². The predicted molar refractivity (Wildman–Crippen MR) is 31.1 cm³/mol. The van der Waals surface area contributed by atoms with E-state index in [9.17, 15) is 13.6 Å². The molecule has 0 aliphatic rings.